The topological polar surface area (TPSA) is 65.0 Å². The minimum atomic E-state index is -0.555. The number of hydrogen-bond acceptors (Lipinski definition) is 5. The maximum atomic E-state index is 12.3. The second-order valence-electron chi connectivity index (χ2n) is 9.16. The average Bonchev–Trinajstić information content (AvgIpc) is 2.91. The Balaban J connectivity index is 1.52. The molecule has 0 aliphatic heterocycles. The highest BCUT2D eigenvalue weighted by Crippen LogP contribution is 2.21. The van der Waals surface area contributed by atoms with Crippen LogP contribution >= 0.6 is 0 Å². The first-order chi connectivity index (χ1) is 18.0. The fourth-order valence-corrected chi connectivity index (χ4v) is 3.96. The summed E-state index contributed by atoms with van der Waals surface area (Å²) in [5.41, 5.74) is 5.91. The van der Waals surface area contributed by atoms with Crippen LogP contribution in [0.2, 0.25) is 0 Å². The lowest BCUT2D eigenvalue weighted by Crippen LogP contribution is -2.20. The number of hydrogen-bond donors (Lipinski definition) is 0. The van der Waals surface area contributed by atoms with Crippen molar-refractivity contribution < 1.29 is 19.1 Å². The SMILES string of the molecule is CCCCCCc1ccc(-c2ccc(C=Nc3ccc(C(=O)OC(C)CC(=O)OCC)cc3)cc2)cc1. The number of nitrogens with zero attached hydrogens (tertiary/aromatic N) is 1. The van der Waals surface area contributed by atoms with E-state index in [2.05, 4.69) is 48.3 Å². The Hall–Kier alpha value is -3.73. The summed E-state index contributed by atoms with van der Waals surface area (Å²) in [7, 11) is 0. The Bertz CT molecular complexity index is 1150. The number of ether oxygens (including phenoxy) is 2. The Morgan fingerprint density at radius 2 is 1.49 bits per heavy atom. The van der Waals surface area contributed by atoms with Crippen LogP contribution in [-0.2, 0) is 20.7 Å². The predicted molar refractivity (Wildman–Crippen MR) is 150 cm³/mol. The number of carbonyl (C=O) groups is 2. The van der Waals surface area contributed by atoms with Crippen LogP contribution in [0.25, 0.3) is 11.1 Å². The van der Waals surface area contributed by atoms with Gasteiger partial charge in [-0.2, -0.15) is 0 Å². The molecule has 0 aliphatic carbocycles. The van der Waals surface area contributed by atoms with E-state index in [9.17, 15) is 9.59 Å². The van der Waals surface area contributed by atoms with E-state index in [0.717, 1.165) is 17.7 Å². The van der Waals surface area contributed by atoms with E-state index >= 15 is 0 Å². The van der Waals surface area contributed by atoms with E-state index in [-0.39, 0.29) is 12.4 Å². The van der Waals surface area contributed by atoms with Gasteiger partial charge in [-0.3, -0.25) is 9.79 Å². The van der Waals surface area contributed by atoms with Crippen molar-refractivity contribution in [1.82, 2.24) is 0 Å². The summed E-state index contributed by atoms with van der Waals surface area (Å²) in [6.07, 6.45) is 7.56. The van der Waals surface area contributed by atoms with Crippen LogP contribution < -0.4 is 0 Å². The van der Waals surface area contributed by atoms with Crippen molar-refractivity contribution >= 4 is 23.8 Å². The van der Waals surface area contributed by atoms with Crippen molar-refractivity contribution in [3.8, 4) is 11.1 Å². The molecule has 194 valence electrons. The first-order valence-electron chi connectivity index (χ1n) is 13.2. The van der Waals surface area contributed by atoms with Crippen molar-refractivity contribution in [1.29, 1.82) is 0 Å². The lowest BCUT2D eigenvalue weighted by molar-refractivity contribution is -0.145. The molecule has 0 saturated carbocycles. The summed E-state index contributed by atoms with van der Waals surface area (Å²) in [5.74, 6) is -0.862. The van der Waals surface area contributed by atoms with Gasteiger partial charge in [-0.25, -0.2) is 4.79 Å². The normalized spacial score (nSPS) is 11.9. The monoisotopic (exact) mass is 499 g/mol. The van der Waals surface area contributed by atoms with Crippen LogP contribution in [-0.4, -0.2) is 30.9 Å². The zero-order valence-corrected chi connectivity index (χ0v) is 22.1. The molecule has 0 fully saturated rings. The van der Waals surface area contributed by atoms with Crippen molar-refractivity contribution in [2.75, 3.05) is 6.61 Å². The zero-order chi connectivity index (χ0) is 26.5. The highest BCUT2D eigenvalue weighted by atomic mass is 16.6. The lowest BCUT2D eigenvalue weighted by atomic mass is 10.0. The van der Waals surface area contributed by atoms with E-state index in [0.29, 0.717) is 12.2 Å². The van der Waals surface area contributed by atoms with Gasteiger partial charge >= 0.3 is 11.9 Å². The molecule has 0 N–H and O–H groups in total. The highest BCUT2D eigenvalue weighted by Gasteiger charge is 2.16. The average molecular weight is 500 g/mol. The summed E-state index contributed by atoms with van der Waals surface area (Å²) in [6.45, 7) is 5.95. The number of carbonyl (C=O) groups excluding carboxylic acids is 2. The van der Waals surface area contributed by atoms with Crippen LogP contribution in [0, 0.1) is 0 Å². The molecule has 5 nitrogen and oxygen atoms in total. The molecular formula is C32H37NO4. The molecule has 1 atom stereocenters. The maximum Gasteiger partial charge on any atom is 0.338 e. The van der Waals surface area contributed by atoms with Crippen LogP contribution in [0.4, 0.5) is 5.69 Å². The molecule has 0 amide bonds. The zero-order valence-electron chi connectivity index (χ0n) is 22.1. The number of benzene rings is 3. The van der Waals surface area contributed by atoms with E-state index in [1.54, 1.807) is 44.3 Å². The molecule has 3 aromatic carbocycles. The molecule has 0 heterocycles. The van der Waals surface area contributed by atoms with Gasteiger partial charge in [-0.05, 0) is 73.2 Å². The molecule has 5 heteroatoms. The van der Waals surface area contributed by atoms with Gasteiger partial charge < -0.3 is 9.47 Å². The number of rotatable bonds is 13. The van der Waals surface area contributed by atoms with E-state index in [1.807, 2.05) is 12.1 Å². The van der Waals surface area contributed by atoms with Crippen LogP contribution in [0.15, 0.2) is 77.8 Å². The molecule has 0 spiro atoms. The molecule has 37 heavy (non-hydrogen) atoms. The summed E-state index contributed by atoms with van der Waals surface area (Å²) in [4.78, 5) is 28.4. The molecule has 0 radical (unpaired) electrons. The van der Waals surface area contributed by atoms with Gasteiger partial charge in [-0.15, -0.1) is 0 Å². The first kappa shape index (κ1) is 27.9. The number of unbranched alkanes of at least 4 members (excludes halogenated alkanes) is 3. The van der Waals surface area contributed by atoms with Crippen molar-refractivity contribution in [3.63, 3.8) is 0 Å². The third-order valence-electron chi connectivity index (χ3n) is 6.05. The van der Waals surface area contributed by atoms with Gasteiger partial charge in [0.2, 0.25) is 0 Å². The predicted octanol–water partition coefficient (Wildman–Crippen LogP) is 7.73. The van der Waals surface area contributed by atoms with E-state index in [4.69, 9.17) is 9.47 Å². The third kappa shape index (κ3) is 9.34. The largest absolute Gasteiger partial charge is 0.466 e. The van der Waals surface area contributed by atoms with Gasteiger partial charge in [-0.1, -0.05) is 74.7 Å². The summed E-state index contributed by atoms with van der Waals surface area (Å²) >= 11 is 0. The second-order valence-corrected chi connectivity index (χ2v) is 9.16. The smallest absolute Gasteiger partial charge is 0.338 e. The minimum absolute atomic E-state index is 0.0329. The molecular weight excluding hydrogens is 462 g/mol. The van der Waals surface area contributed by atoms with Crippen LogP contribution in [0.1, 0.15) is 74.4 Å². The quantitative estimate of drug-likeness (QED) is 0.137. The lowest BCUT2D eigenvalue weighted by Gasteiger charge is -2.12. The van der Waals surface area contributed by atoms with Crippen molar-refractivity contribution in [3.05, 3.63) is 89.5 Å². The van der Waals surface area contributed by atoms with Crippen molar-refractivity contribution in [2.24, 2.45) is 4.99 Å². The van der Waals surface area contributed by atoms with E-state index < -0.39 is 12.1 Å². The maximum absolute atomic E-state index is 12.3. The number of aliphatic imine (C=N–C) groups is 1. The molecule has 3 rings (SSSR count). The Morgan fingerprint density at radius 1 is 0.838 bits per heavy atom. The second kappa shape index (κ2) is 14.7. The minimum Gasteiger partial charge on any atom is -0.466 e. The number of aryl methyl sites for hydroxylation is 1. The van der Waals surface area contributed by atoms with Gasteiger partial charge in [0.1, 0.15) is 6.10 Å². The van der Waals surface area contributed by atoms with Gasteiger partial charge in [0.05, 0.1) is 24.3 Å². The Labute approximate surface area is 220 Å². The third-order valence-corrected chi connectivity index (χ3v) is 6.05. The van der Waals surface area contributed by atoms with Crippen molar-refractivity contribution in [2.45, 2.75) is 65.4 Å². The molecule has 3 aromatic rings. The first-order valence-corrected chi connectivity index (χ1v) is 13.2. The fraction of sp³-hybridized carbons (Fsp3) is 0.344. The Kier molecular flexibility index (Phi) is 11.1. The number of esters is 2. The standard InChI is InChI=1S/C32H37NO4/c1-4-6-7-8-9-25-10-14-27(15-11-25)28-16-12-26(13-17-28)23-33-30-20-18-29(19-21-30)32(35)37-24(3)22-31(34)36-5-2/h10-21,23-24H,4-9,22H2,1-3H3. The summed E-state index contributed by atoms with van der Waals surface area (Å²) < 4.78 is 10.2. The van der Waals surface area contributed by atoms with E-state index in [1.165, 1.54) is 42.4 Å². The van der Waals surface area contributed by atoms with Gasteiger partial charge in [0, 0.05) is 6.21 Å². The van der Waals surface area contributed by atoms with Gasteiger partial charge in [0.15, 0.2) is 0 Å². The molecule has 1 unspecified atom stereocenters. The molecule has 0 aliphatic rings. The molecule has 0 aromatic heterocycles. The molecule has 0 bridgehead atoms. The summed E-state index contributed by atoms with van der Waals surface area (Å²) in [6, 6.07) is 24.0. The van der Waals surface area contributed by atoms with Gasteiger partial charge in [0.25, 0.3) is 0 Å². The fourth-order valence-electron chi connectivity index (χ4n) is 3.96. The molecule has 0 saturated heterocycles. The highest BCUT2D eigenvalue weighted by molar-refractivity contribution is 5.90. The summed E-state index contributed by atoms with van der Waals surface area (Å²) in [5, 5.41) is 0. The van der Waals surface area contributed by atoms with Crippen LogP contribution in [0.3, 0.4) is 0 Å². The Morgan fingerprint density at radius 3 is 2.11 bits per heavy atom. The van der Waals surface area contributed by atoms with Crippen LogP contribution in [0.5, 0.6) is 0 Å².